The molecule has 2 rings (SSSR count). The van der Waals surface area contributed by atoms with E-state index >= 15 is 0 Å². The van der Waals surface area contributed by atoms with Crippen molar-refractivity contribution < 1.29 is 9.84 Å². The summed E-state index contributed by atoms with van der Waals surface area (Å²) >= 11 is 15.5. The van der Waals surface area contributed by atoms with E-state index in [1.54, 1.807) is 12.1 Å². The molecule has 0 spiro atoms. The van der Waals surface area contributed by atoms with Crippen LogP contribution in [0.3, 0.4) is 0 Å². The maximum Gasteiger partial charge on any atom is 0.119 e. The third-order valence-corrected chi connectivity index (χ3v) is 4.49. The van der Waals surface area contributed by atoms with Gasteiger partial charge in [0.1, 0.15) is 5.75 Å². The van der Waals surface area contributed by atoms with E-state index in [0.29, 0.717) is 16.7 Å². The Morgan fingerprint density at radius 2 is 1.82 bits per heavy atom. The average molecular weight is 404 g/mol. The maximum absolute atomic E-state index is 9.58. The predicted octanol–water partition coefficient (Wildman–Crippen LogP) is 5.69. The van der Waals surface area contributed by atoms with Crippen LogP contribution in [-0.2, 0) is 0 Å². The van der Waals surface area contributed by atoms with Gasteiger partial charge in [0, 0.05) is 27.0 Å². The summed E-state index contributed by atoms with van der Waals surface area (Å²) in [7, 11) is 0. The van der Waals surface area contributed by atoms with Crippen LogP contribution in [0.4, 0.5) is 0 Å². The normalized spacial score (nSPS) is 12.2. The average Bonchev–Trinajstić information content (AvgIpc) is 2.50. The Morgan fingerprint density at radius 1 is 1.09 bits per heavy atom. The van der Waals surface area contributed by atoms with Crippen LogP contribution in [0, 0.1) is 0 Å². The van der Waals surface area contributed by atoms with E-state index in [1.165, 1.54) is 0 Å². The number of benzene rings is 2. The zero-order valence-corrected chi connectivity index (χ0v) is 15.0. The van der Waals surface area contributed by atoms with Crippen LogP contribution in [0.15, 0.2) is 46.9 Å². The largest absolute Gasteiger partial charge is 0.494 e. The molecule has 118 valence electrons. The van der Waals surface area contributed by atoms with Crippen molar-refractivity contribution in [2.75, 3.05) is 13.2 Å². The van der Waals surface area contributed by atoms with E-state index in [2.05, 4.69) is 15.9 Å². The molecule has 0 saturated heterocycles. The Morgan fingerprint density at radius 3 is 2.45 bits per heavy atom. The first-order valence-electron chi connectivity index (χ1n) is 7.04. The van der Waals surface area contributed by atoms with E-state index in [4.69, 9.17) is 27.9 Å². The van der Waals surface area contributed by atoms with Crippen molar-refractivity contribution in [1.82, 2.24) is 0 Å². The van der Waals surface area contributed by atoms with Crippen LogP contribution in [0.1, 0.15) is 24.3 Å². The number of aliphatic hydroxyl groups excluding tert-OH is 1. The van der Waals surface area contributed by atoms with Gasteiger partial charge >= 0.3 is 0 Å². The van der Waals surface area contributed by atoms with Gasteiger partial charge in [-0.25, -0.2) is 0 Å². The fourth-order valence-corrected chi connectivity index (χ4v) is 3.06. The zero-order valence-electron chi connectivity index (χ0n) is 11.9. The Balaban J connectivity index is 1.84. The standard InChI is InChI=1S/C17H17BrCl2O2/c18-13-3-6-15(7-4-13)22-9-1-2-12(11-21)16-8-5-14(19)10-17(16)20/h3-8,10,12,21H,1-2,9,11H2/t12-/m1/s1. The summed E-state index contributed by atoms with van der Waals surface area (Å²) < 4.78 is 6.71. The second-order valence-corrected chi connectivity index (χ2v) is 6.75. The predicted molar refractivity (Wildman–Crippen MR) is 95.2 cm³/mol. The first-order chi connectivity index (χ1) is 10.6. The number of hydrogen-bond acceptors (Lipinski definition) is 2. The first kappa shape index (κ1) is 17.6. The second kappa shape index (κ2) is 8.78. The Hall–Kier alpha value is -0.740. The quantitative estimate of drug-likeness (QED) is 0.601. The summed E-state index contributed by atoms with van der Waals surface area (Å²) in [5.41, 5.74) is 0.928. The molecule has 0 aliphatic heterocycles. The molecule has 5 heteroatoms. The zero-order chi connectivity index (χ0) is 15.9. The molecule has 0 aliphatic carbocycles. The van der Waals surface area contributed by atoms with Gasteiger partial charge in [-0.1, -0.05) is 45.2 Å². The van der Waals surface area contributed by atoms with Crippen LogP contribution in [-0.4, -0.2) is 18.3 Å². The van der Waals surface area contributed by atoms with E-state index in [0.717, 1.165) is 28.6 Å². The van der Waals surface area contributed by atoms with E-state index in [1.807, 2.05) is 30.3 Å². The molecule has 0 heterocycles. The highest BCUT2D eigenvalue weighted by Crippen LogP contribution is 2.30. The summed E-state index contributed by atoms with van der Waals surface area (Å²) in [6.45, 7) is 0.656. The Labute approximate surface area is 149 Å². The smallest absolute Gasteiger partial charge is 0.119 e. The molecule has 2 nitrogen and oxygen atoms in total. The summed E-state index contributed by atoms with van der Waals surface area (Å²) in [4.78, 5) is 0. The lowest BCUT2D eigenvalue weighted by Gasteiger charge is -2.16. The van der Waals surface area contributed by atoms with E-state index in [9.17, 15) is 5.11 Å². The van der Waals surface area contributed by atoms with Gasteiger partial charge in [-0.3, -0.25) is 0 Å². The van der Waals surface area contributed by atoms with Crippen molar-refractivity contribution in [3.63, 3.8) is 0 Å². The van der Waals surface area contributed by atoms with Crippen LogP contribution in [0.5, 0.6) is 5.75 Å². The van der Waals surface area contributed by atoms with Gasteiger partial charge < -0.3 is 9.84 Å². The number of rotatable bonds is 7. The van der Waals surface area contributed by atoms with Gasteiger partial charge in [-0.2, -0.15) is 0 Å². The second-order valence-electron chi connectivity index (χ2n) is 4.99. The molecule has 0 aliphatic rings. The summed E-state index contributed by atoms with van der Waals surface area (Å²) in [6, 6.07) is 13.1. The van der Waals surface area contributed by atoms with Gasteiger partial charge in [0.15, 0.2) is 0 Å². The lowest BCUT2D eigenvalue weighted by molar-refractivity contribution is 0.243. The molecular formula is C17H17BrCl2O2. The van der Waals surface area contributed by atoms with Gasteiger partial charge in [0.05, 0.1) is 6.61 Å². The Kier molecular flexibility index (Phi) is 7.03. The van der Waals surface area contributed by atoms with Gasteiger partial charge in [-0.05, 0) is 54.8 Å². The molecule has 0 saturated carbocycles. The number of hydrogen-bond donors (Lipinski definition) is 1. The molecule has 0 unspecified atom stereocenters. The number of aliphatic hydroxyl groups is 1. The monoisotopic (exact) mass is 402 g/mol. The SMILES string of the molecule is OC[C@@H](CCCOc1ccc(Br)cc1)c1ccc(Cl)cc1Cl. The molecule has 0 radical (unpaired) electrons. The molecule has 0 amide bonds. The lowest BCUT2D eigenvalue weighted by atomic mass is 9.95. The van der Waals surface area contributed by atoms with Gasteiger partial charge in [0.25, 0.3) is 0 Å². The third-order valence-electron chi connectivity index (χ3n) is 3.40. The van der Waals surface area contributed by atoms with Crippen molar-refractivity contribution in [3.8, 4) is 5.75 Å². The molecular weight excluding hydrogens is 387 g/mol. The molecule has 2 aromatic rings. The third kappa shape index (κ3) is 5.17. The molecule has 0 aromatic heterocycles. The minimum absolute atomic E-state index is 0.00159. The van der Waals surface area contributed by atoms with Crippen molar-refractivity contribution in [2.24, 2.45) is 0 Å². The van der Waals surface area contributed by atoms with Gasteiger partial charge in [-0.15, -0.1) is 0 Å². The van der Waals surface area contributed by atoms with Crippen LogP contribution >= 0.6 is 39.1 Å². The topological polar surface area (TPSA) is 29.5 Å². The van der Waals surface area contributed by atoms with Crippen LogP contribution in [0.25, 0.3) is 0 Å². The van der Waals surface area contributed by atoms with Gasteiger partial charge in [0.2, 0.25) is 0 Å². The minimum atomic E-state index is -0.00159. The molecule has 2 aromatic carbocycles. The first-order valence-corrected chi connectivity index (χ1v) is 8.59. The number of halogens is 3. The van der Waals surface area contributed by atoms with Crippen LogP contribution in [0.2, 0.25) is 10.0 Å². The molecule has 1 N–H and O–H groups in total. The molecule has 0 bridgehead atoms. The lowest BCUT2D eigenvalue weighted by Crippen LogP contribution is -2.07. The van der Waals surface area contributed by atoms with Crippen LogP contribution < -0.4 is 4.74 Å². The van der Waals surface area contributed by atoms with Crippen molar-refractivity contribution in [3.05, 3.63) is 62.5 Å². The Bertz CT molecular complexity index is 602. The maximum atomic E-state index is 9.58. The molecule has 1 atom stereocenters. The molecule has 22 heavy (non-hydrogen) atoms. The fraction of sp³-hybridized carbons (Fsp3) is 0.294. The minimum Gasteiger partial charge on any atom is -0.494 e. The van der Waals surface area contributed by atoms with E-state index in [-0.39, 0.29) is 12.5 Å². The summed E-state index contributed by atoms with van der Waals surface area (Å²) in [5.74, 6) is 0.839. The number of ether oxygens (including phenoxy) is 1. The van der Waals surface area contributed by atoms with Crippen molar-refractivity contribution in [2.45, 2.75) is 18.8 Å². The summed E-state index contributed by atoms with van der Waals surface area (Å²) in [5, 5.41) is 10.8. The highest BCUT2D eigenvalue weighted by molar-refractivity contribution is 9.10. The van der Waals surface area contributed by atoms with Crippen molar-refractivity contribution in [1.29, 1.82) is 0 Å². The van der Waals surface area contributed by atoms with E-state index < -0.39 is 0 Å². The molecule has 0 fully saturated rings. The highest BCUT2D eigenvalue weighted by Gasteiger charge is 2.14. The summed E-state index contributed by atoms with van der Waals surface area (Å²) in [6.07, 6.45) is 1.63. The van der Waals surface area contributed by atoms with Crippen molar-refractivity contribution >= 4 is 39.1 Å². The fourth-order valence-electron chi connectivity index (χ4n) is 2.23. The highest BCUT2D eigenvalue weighted by atomic mass is 79.9.